The Morgan fingerprint density at radius 1 is 1.12 bits per heavy atom. The van der Waals surface area contributed by atoms with Crippen molar-refractivity contribution >= 4 is 18.2 Å². The zero-order valence-electron chi connectivity index (χ0n) is 11.4. The molecule has 0 saturated carbocycles. The predicted molar refractivity (Wildman–Crippen MR) is 74.7 cm³/mol. The van der Waals surface area contributed by atoms with Crippen molar-refractivity contribution < 1.29 is 14.3 Å². The van der Waals surface area contributed by atoms with E-state index >= 15 is 0 Å². The lowest BCUT2D eigenvalue weighted by molar-refractivity contribution is -0.109. The van der Waals surface area contributed by atoms with Crippen LogP contribution in [-0.4, -0.2) is 51.4 Å². The Hall–Kier alpha value is -0.260. The lowest BCUT2D eigenvalue weighted by Crippen LogP contribution is -2.18. The fourth-order valence-electron chi connectivity index (χ4n) is 0.817. The highest BCUT2D eigenvalue weighted by Gasteiger charge is 1.90. The van der Waals surface area contributed by atoms with E-state index < -0.39 is 0 Å². The molecule has 0 radical (unpaired) electrons. The molecule has 104 valence electrons. The monoisotopic (exact) mass is 265 g/mol. The molecule has 0 saturated heterocycles. The molecule has 4 nitrogen and oxygen atoms in total. The van der Waals surface area contributed by atoms with Gasteiger partial charge in [0, 0.05) is 13.2 Å². The smallest absolute Gasteiger partial charge is 0.207 e. The molecule has 0 aliphatic heterocycles. The first-order valence-corrected chi connectivity index (χ1v) is 7.54. The molecule has 1 amide bonds. The van der Waals surface area contributed by atoms with Gasteiger partial charge in [-0.1, -0.05) is 20.3 Å². The van der Waals surface area contributed by atoms with Gasteiger partial charge in [0.25, 0.3) is 0 Å². The van der Waals surface area contributed by atoms with Gasteiger partial charge in [-0.25, -0.2) is 0 Å². The highest BCUT2D eigenvalue weighted by molar-refractivity contribution is 7.98. The van der Waals surface area contributed by atoms with E-state index in [1.165, 1.54) is 6.42 Å². The Bertz CT molecular complexity index is 137. The molecule has 1 N–H and O–H groups in total. The van der Waals surface area contributed by atoms with Gasteiger partial charge in [0.15, 0.2) is 0 Å². The van der Waals surface area contributed by atoms with Gasteiger partial charge in [-0.2, -0.15) is 11.8 Å². The molecule has 0 aliphatic carbocycles. The summed E-state index contributed by atoms with van der Waals surface area (Å²) in [6, 6.07) is 0. The van der Waals surface area contributed by atoms with Gasteiger partial charge >= 0.3 is 0 Å². The minimum absolute atomic E-state index is 0.549. The van der Waals surface area contributed by atoms with E-state index in [1.54, 1.807) is 0 Å². The molecule has 0 heterocycles. The van der Waals surface area contributed by atoms with Crippen LogP contribution >= 0.6 is 11.8 Å². The highest BCUT2D eigenvalue weighted by atomic mass is 32.2. The molecule has 0 aromatic heterocycles. The zero-order chi connectivity index (χ0) is 13.2. The second-order valence-corrected chi connectivity index (χ2v) is 4.34. The summed E-state index contributed by atoms with van der Waals surface area (Å²) >= 11 is 1.83. The SMILES string of the molecule is CCC.CSCCCOCCOCCNC=O. The Morgan fingerprint density at radius 2 is 1.71 bits per heavy atom. The maximum absolute atomic E-state index is 9.85. The number of thioether (sulfide) groups is 1. The summed E-state index contributed by atoms with van der Waals surface area (Å²) in [5, 5.41) is 2.52. The van der Waals surface area contributed by atoms with E-state index in [-0.39, 0.29) is 0 Å². The Kier molecular flexibility index (Phi) is 23.7. The quantitative estimate of drug-likeness (QED) is 0.458. The first-order chi connectivity index (χ1) is 8.33. The first kappa shape index (κ1) is 19.1. The van der Waals surface area contributed by atoms with Crippen molar-refractivity contribution in [1.82, 2.24) is 5.32 Å². The summed E-state index contributed by atoms with van der Waals surface area (Å²) in [4.78, 5) is 9.85. The molecule has 0 aliphatic rings. The van der Waals surface area contributed by atoms with Gasteiger partial charge in [-0.05, 0) is 18.4 Å². The average molecular weight is 265 g/mol. The van der Waals surface area contributed by atoms with Crippen molar-refractivity contribution in [2.75, 3.05) is 45.0 Å². The Morgan fingerprint density at radius 3 is 2.24 bits per heavy atom. The fourth-order valence-corrected chi connectivity index (χ4v) is 1.22. The number of amides is 1. The van der Waals surface area contributed by atoms with Crippen molar-refractivity contribution in [2.24, 2.45) is 0 Å². The number of hydrogen-bond acceptors (Lipinski definition) is 4. The van der Waals surface area contributed by atoms with E-state index in [1.807, 2.05) is 11.8 Å². The lowest BCUT2D eigenvalue weighted by Gasteiger charge is -2.04. The van der Waals surface area contributed by atoms with Crippen LogP contribution in [0.1, 0.15) is 26.7 Å². The Labute approximate surface area is 110 Å². The van der Waals surface area contributed by atoms with Gasteiger partial charge in [-0.15, -0.1) is 0 Å². The predicted octanol–water partition coefficient (Wildman–Crippen LogP) is 1.93. The van der Waals surface area contributed by atoms with Crippen LogP contribution in [0.25, 0.3) is 0 Å². The highest BCUT2D eigenvalue weighted by Crippen LogP contribution is 1.95. The zero-order valence-corrected chi connectivity index (χ0v) is 12.2. The third-order valence-electron chi connectivity index (χ3n) is 1.48. The topological polar surface area (TPSA) is 47.6 Å². The minimum Gasteiger partial charge on any atom is -0.379 e. The van der Waals surface area contributed by atoms with Gasteiger partial charge in [-0.3, -0.25) is 4.79 Å². The second-order valence-electron chi connectivity index (χ2n) is 3.35. The van der Waals surface area contributed by atoms with Crippen LogP contribution in [0.15, 0.2) is 0 Å². The van der Waals surface area contributed by atoms with Crippen molar-refractivity contribution in [2.45, 2.75) is 26.7 Å². The number of hydrogen-bond donors (Lipinski definition) is 1. The van der Waals surface area contributed by atoms with Crippen LogP contribution < -0.4 is 5.32 Å². The Balaban J connectivity index is 0. The molecule has 0 rings (SSSR count). The molecule has 0 bridgehead atoms. The minimum atomic E-state index is 0.549. The van der Waals surface area contributed by atoms with Gasteiger partial charge in [0.05, 0.1) is 19.8 Å². The number of rotatable bonds is 11. The third kappa shape index (κ3) is 25.8. The van der Waals surface area contributed by atoms with Crippen molar-refractivity contribution in [3.8, 4) is 0 Å². The molecule has 17 heavy (non-hydrogen) atoms. The average Bonchev–Trinajstić information content (AvgIpc) is 2.33. The standard InChI is InChI=1S/C9H19NO3S.C3H8/c1-14-8-2-4-12-6-7-13-5-3-10-9-11;1-3-2/h9H,2-8H2,1H3,(H,10,11);3H2,1-2H3. The summed E-state index contributed by atoms with van der Waals surface area (Å²) in [7, 11) is 0. The molecule has 0 aromatic carbocycles. The molecular weight excluding hydrogens is 238 g/mol. The van der Waals surface area contributed by atoms with Crippen LogP contribution in [0.4, 0.5) is 0 Å². The maximum Gasteiger partial charge on any atom is 0.207 e. The third-order valence-corrected chi connectivity index (χ3v) is 2.18. The number of carbonyl (C=O) groups excluding carboxylic acids is 1. The van der Waals surface area contributed by atoms with E-state index in [9.17, 15) is 4.79 Å². The van der Waals surface area contributed by atoms with Crippen molar-refractivity contribution in [3.63, 3.8) is 0 Å². The summed E-state index contributed by atoms with van der Waals surface area (Å²) in [5.41, 5.74) is 0. The molecule has 5 heteroatoms. The number of ether oxygens (including phenoxy) is 2. The molecule has 0 spiro atoms. The van der Waals surface area contributed by atoms with Crippen molar-refractivity contribution in [3.05, 3.63) is 0 Å². The van der Waals surface area contributed by atoms with Crippen LogP contribution in [0, 0.1) is 0 Å². The van der Waals surface area contributed by atoms with Crippen LogP contribution in [-0.2, 0) is 14.3 Å². The lowest BCUT2D eigenvalue weighted by atomic mass is 10.5. The largest absolute Gasteiger partial charge is 0.379 e. The van der Waals surface area contributed by atoms with Crippen LogP contribution in [0.3, 0.4) is 0 Å². The summed E-state index contributed by atoms with van der Waals surface area (Å²) in [6.45, 7) is 7.40. The van der Waals surface area contributed by atoms with E-state index in [4.69, 9.17) is 9.47 Å². The van der Waals surface area contributed by atoms with Gasteiger partial charge in [0.1, 0.15) is 0 Å². The maximum atomic E-state index is 9.85. The molecular formula is C12H27NO3S. The number of carbonyl (C=O) groups is 1. The summed E-state index contributed by atoms with van der Waals surface area (Å²) in [5.74, 6) is 1.14. The van der Waals surface area contributed by atoms with Gasteiger partial charge < -0.3 is 14.8 Å². The molecule has 0 unspecified atom stereocenters. The van der Waals surface area contributed by atoms with E-state index in [0.717, 1.165) is 18.8 Å². The first-order valence-electron chi connectivity index (χ1n) is 6.14. The molecule has 0 aromatic rings. The van der Waals surface area contributed by atoms with Gasteiger partial charge in [0.2, 0.25) is 6.41 Å². The fraction of sp³-hybridized carbons (Fsp3) is 0.917. The van der Waals surface area contributed by atoms with E-state index in [0.29, 0.717) is 32.8 Å². The normalized spacial score (nSPS) is 9.35. The summed E-state index contributed by atoms with van der Waals surface area (Å²) in [6.07, 6.45) is 5.10. The van der Waals surface area contributed by atoms with Crippen LogP contribution in [0.2, 0.25) is 0 Å². The molecule has 0 atom stereocenters. The van der Waals surface area contributed by atoms with Crippen molar-refractivity contribution in [1.29, 1.82) is 0 Å². The summed E-state index contributed by atoms with van der Waals surface area (Å²) < 4.78 is 10.5. The van der Waals surface area contributed by atoms with Crippen LogP contribution in [0.5, 0.6) is 0 Å². The number of nitrogens with one attached hydrogen (secondary N) is 1. The molecule has 0 fully saturated rings. The van der Waals surface area contributed by atoms with E-state index in [2.05, 4.69) is 25.4 Å². The second kappa shape index (κ2) is 21.1.